The van der Waals surface area contributed by atoms with E-state index < -0.39 is 0 Å². The Bertz CT molecular complexity index is 798. The van der Waals surface area contributed by atoms with E-state index in [0.717, 1.165) is 28.8 Å². The summed E-state index contributed by atoms with van der Waals surface area (Å²) in [6.45, 7) is 2.00. The molecule has 0 aliphatic rings. The van der Waals surface area contributed by atoms with E-state index in [1.807, 2.05) is 42.7 Å². The van der Waals surface area contributed by atoms with Crippen LogP contribution >= 0.6 is 15.9 Å². The van der Waals surface area contributed by atoms with Crippen LogP contribution < -0.4 is 10.1 Å². The van der Waals surface area contributed by atoms with E-state index in [0.29, 0.717) is 18.8 Å². The Morgan fingerprint density at radius 3 is 2.76 bits per heavy atom. The minimum absolute atomic E-state index is 0.0889. The van der Waals surface area contributed by atoms with Gasteiger partial charge in [-0.2, -0.15) is 0 Å². The molecule has 0 aliphatic heterocycles. The first-order chi connectivity index (χ1) is 12.2. The normalized spacial score (nSPS) is 10.6. The molecule has 25 heavy (non-hydrogen) atoms. The molecular formula is C19H20BrN3O2. The standard InChI is InChI=1S/C19H20BrN3O2/c20-16-14-15(7-9-22-19(24)17-4-3-8-21-17)5-6-18(16)25-13-12-23-10-1-2-11-23/h1-6,8,10-11,14,21H,7,9,12-13H2,(H,22,24). The maximum absolute atomic E-state index is 11.9. The van der Waals surface area contributed by atoms with Crippen LogP contribution in [0, 0.1) is 0 Å². The molecule has 0 spiro atoms. The Balaban J connectivity index is 1.45. The lowest BCUT2D eigenvalue weighted by atomic mass is 10.1. The number of nitrogens with zero attached hydrogens (tertiary/aromatic N) is 1. The zero-order valence-corrected chi connectivity index (χ0v) is 15.3. The molecular weight excluding hydrogens is 382 g/mol. The van der Waals surface area contributed by atoms with Crippen LogP contribution in [0.2, 0.25) is 0 Å². The second kappa shape index (κ2) is 8.58. The molecule has 2 N–H and O–H groups in total. The van der Waals surface area contributed by atoms with Crippen LogP contribution in [-0.4, -0.2) is 28.6 Å². The Morgan fingerprint density at radius 2 is 2.04 bits per heavy atom. The summed E-state index contributed by atoms with van der Waals surface area (Å²) in [5.74, 6) is 0.736. The largest absolute Gasteiger partial charge is 0.491 e. The summed E-state index contributed by atoms with van der Waals surface area (Å²) in [6, 6.07) is 13.6. The molecule has 1 aromatic carbocycles. The fourth-order valence-corrected chi connectivity index (χ4v) is 3.02. The van der Waals surface area contributed by atoms with Crippen molar-refractivity contribution in [3.8, 4) is 5.75 Å². The maximum Gasteiger partial charge on any atom is 0.267 e. The van der Waals surface area contributed by atoms with Gasteiger partial charge in [0.2, 0.25) is 0 Å². The lowest BCUT2D eigenvalue weighted by Crippen LogP contribution is -2.25. The lowest BCUT2D eigenvalue weighted by Gasteiger charge is -2.11. The third kappa shape index (κ3) is 5.00. The number of aromatic amines is 1. The second-order valence-corrected chi connectivity index (χ2v) is 6.48. The quantitative estimate of drug-likeness (QED) is 0.605. The molecule has 0 fully saturated rings. The van der Waals surface area contributed by atoms with Crippen LogP contribution in [-0.2, 0) is 13.0 Å². The van der Waals surface area contributed by atoms with Crippen LogP contribution in [0.15, 0.2) is 65.5 Å². The summed E-state index contributed by atoms with van der Waals surface area (Å²) in [6.07, 6.45) is 6.53. The molecule has 1 amide bonds. The van der Waals surface area contributed by atoms with Crippen molar-refractivity contribution in [1.29, 1.82) is 0 Å². The number of carbonyl (C=O) groups is 1. The van der Waals surface area contributed by atoms with Crippen molar-refractivity contribution in [2.75, 3.05) is 13.2 Å². The third-order valence-corrected chi connectivity index (χ3v) is 4.43. The minimum atomic E-state index is -0.0889. The molecule has 0 saturated carbocycles. The molecule has 0 aliphatic carbocycles. The molecule has 3 aromatic rings. The molecule has 0 bridgehead atoms. The highest BCUT2D eigenvalue weighted by atomic mass is 79.9. The topological polar surface area (TPSA) is 59.0 Å². The number of carbonyl (C=O) groups excluding carboxylic acids is 1. The summed E-state index contributed by atoms with van der Waals surface area (Å²) in [5.41, 5.74) is 1.71. The predicted octanol–water partition coefficient (Wildman–Crippen LogP) is 3.63. The van der Waals surface area contributed by atoms with Crippen molar-refractivity contribution < 1.29 is 9.53 Å². The van der Waals surface area contributed by atoms with Gasteiger partial charge in [0.25, 0.3) is 5.91 Å². The van der Waals surface area contributed by atoms with Gasteiger partial charge in [-0.3, -0.25) is 4.79 Å². The Labute approximate surface area is 155 Å². The molecule has 0 atom stereocenters. The fourth-order valence-electron chi connectivity index (χ4n) is 2.48. The van der Waals surface area contributed by atoms with E-state index >= 15 is 0 Å². The van der Waals surface area contributed by atoms with Crippen LogP contribution in [0.1, 0.15) is 16.1 Å². The number of halogens is 1. The van der Waals surface area contributed by atoms with Crippen LogP contribution in [0.3, 0.4) is 0 Å². The predicted molar refractivity (Wildman–Crippen MR) is 101 cm³/mol. The van der Waals surface area contributed by atoms with E-state index in [1.165, 1.54) is 0 Å². The summed E-state index contributed by atoms with van der Waals surface area (Å²) in [7, 11) is 0. The van der Waals surface area contributed by atoms with E-state index in [-0.39, 0.29) is 5.91 Å². The van der Waals surface area contributed by atoms with E-state index in [9.17, 15) is 4.79 Å². The fraction of sp³-hybridized carbons (Fsp3) is 0.211. The number of amides is 1. The smallest absolute Gasteiger partial charge is 0.267 e. The number of H-pyrrole nitrogens is 1. The lowest BCUT2D eigenvalue weighted by molar-refractivity contribution is 0.0950. The van der Waals surface area contributed by atoms with Crippen molar-refractivity contribution in [2.24, 2.45) is 0 Å². The zero-order chi connectivity index (χ0) is 17.5. The maximum atomic E-state index is 11.9. The van der Waals surface area contributed by atoms with Gasteiger partial charge in [-0.25, -0.2) is 0 Å². The Hall–Kier alpha value is -2.47. The SMILES string of the molecule is O=C(NCCc1ccc(OCCn2cccc2)c(Br)c1)c1ccc[nH]1. The van der Waals surface area contributed by atoms with Gasteiger partial charge in [0.1, 0.15) is 18.1 Å². The molecule has 3 rings (SSSR count). The van der Waals surface area contributed by atoms with Crippen LogP contribution in [0.5, 0.6) is 5.75 Å². The second-order valence-electron chi connectivity index (χ2n) is 5.62. The molecule has 0 saturated heterocycles. The summed E-state index contributed by atoms with van der Waals surface area (Å²) >= 11 is 3.55. The zero-order valence-electron chi connectivity index (χ0n) is 13.7. The first-order valence-electron chi connectivity index (χ1n) is 8.16. The molecule has 0 radical (unpaired) electrons. The van der Waals surface area contributed by atoms with Gasteiger partial charge >= 0.3 is 0 Å². The highest BCUT2D eigenvalue weighted by molar-refractivity contribution is 9.10. The summed E-state index contributed by atoms with van der Waals surface area (Å²) in [4.78, 5) is 14.8. The third-order valence-electron chi connectivity index (χ3n) is 3.81. The number of aromatic nitrogens is 2. The van der Waals surface area contributed by atoms with Gasteiger partial charge in [0.15, 0.2) is 0 Å². The van der Waals surface area contributed by atoms with E-state index in [4.69, 9.17) is 4.74 Å². The van der Waals surface area contributed by atoms with Crippen LogP contribution in [0.4, 0.5) is 0 Å². The van der Waals surface area contributed by atoms with Crippen molar-refractivity contribution >= 4 is 21.8 Å². The number of hydrogen-bond acceptors (Lipinski definition) is 2. The molecule has 0 unspecified atom stereocenters. The first kappa shape index (κ1) is 17.4. The van der Waals surface area contributed by atoms with Gasteiger partial charge in [-0.05, 0) is 64.3 Å². The number of hydrogen-bond donors (Lipinski definition) is 2. The van der Waals surface area contributed by atoms with Gasteiger partial charge < -0.3 is 19.6 Å². The van der Waals surface area contributed by atoms with Gasteiger partial charge in [0.05, 0.1) is 11.0 Å². The summed E-state index contributed by atoms with van der Waals surface area (Å²) < 4.78 is 8.82. The Kier molecular flexibility index (Phi) is 5.95. The molecule has 2 aromatic heterocycles. The van der Waals surface area contributed by atoms with E-state index in [2.05, 4.69) is 30.8 Å². The number of ether oxygens (including phenoxy) is 1. The van der Waals surface area contributed by atoms with Gasteiger partial charge in [0, 0.05) is 25.1 Å². The average molecular weight is 402 g/mol. The summed E-state index contributed by atoms with van der Waals surface area (Å²) in [5, 5.41) is 2.90. The highest BCUT2D eigenvalue weighted by Gasteiger charge is 2.06. The van der Waals surface area contributed by atoms with Crippen molar-refractivity contribution in [1.82, 2.24) is 14.9 Å². The van der Waals surface area contributed by atoms with Crippen LogP contribution in [0.25, 0.3) is 0 Å². The van der Waals surface area contributed by atoms with Crippen molar-refractivity contribution in [2.45, 2.75) is 13.0 Å². The molecule has 2 heterocycles. The first-order valence-corrected chi connectivity index (χ1v) is 8.95. The minimum Gasteiger partial charge on any atom is -0.491 e. The number of rotatable bonds is 8. The van der Waals surface area contributed by atoms with Crippen molar-refractivity contribution in [3.63, 3.8) is 0 Å². The number of benzene rings is 1. The molecule has 6 heteroatoms. The van der Waals surface area contributed by atoms with Crippen molar-refractivity contribution in [3.05, 3.63) is 76.8 Å². The Morgan fingerprint density at radius 1 is 1.20 bits per heavy atom. The number of nitrogens with one attached hydrogen (secondary N) is 2. The molecule has 5 nitrogen and oxygen atoms in total. The monoisotopic (exact) mass is 401 g/mol. The highest BCUT2D eigenvalue weighted by Crippen LogP contribution is 2.26. The van der Waals surface area contributed by atoms with Gasteiger partial charge in [-0.1, -0.05) is 6.07 Å². The van der Waals surface area contributed by atoms with E-state index in [1.54, 1.807) is 18.3 Å². The molecule has 130 valence electrons. The van der Waals surface area contributed by atoms with Gasteiger partial charge in [-0.15, -0.1) is 0 Å². The average Bonchev–Trinajstić information content (AvgIpc) is 3.30.